The van der Waals surface area contributed by atoms with E-state index in [1.165, 1.54) is 0 Å². The number of carboxylic acid groups (broad SMARTS) is 1. The molecule has 11 nitrogen and oxygen atoms in total. The van der Waals surface area contributed by atoms with E-state index < -0.39 is 12.3 Å². The molecule has 0 radical (unpaired) electrons. The number of nitrogens with one attached hydrogen (secondary N) is 2. The summed E-state index contributed by atoms with van der Waals surface area (Å²) in [7, 11) is 0. The number of rotatable bonds is 12. The Morgan fingerprint density at radius 2 is 1.60 bits per heavy atom. The molecule has 6 rings (SSSR count). The second kappa shape index (κ2) is 15.1. The van der Waals surface area contributed by atoms with Crippen LogP contribution in [0.1, 0.15) is 80.1 Å². The van der Waals surface area contributed by atoms with Gasteiger partial charge in [-0.15, -0.1) is 0 Å². The van der Waals surface area contributed by atoms with Crippen molar-refractivity contribution < 1.29 is 29.3 Å². The van der Waals surface area contributed by atoms with Crippen molar-refractivity contribution in [2.45, 2.75) is 76.1 Å². The molecule has 4 aromatic rings. The number of aromatic nitrogens is 2. The minimum atomic E-state index is -0.858. The topological polar surface area (TPSA) is 146 Å². The monoisotopic (exact) mass is 642 g/mol. The van der Waals surface area contributed by atoms with E-state index in [0.29, 0.717) is 24.9 Å². The fourth-order valence-electron chi connectivity index (χ4n) is 6.63. The summed E-state index contributed by atoms with van der Waals surface area (Å²) in [6.07, 6.45) is 2.78. The molecule has 2 fully saturated rings. The van der Waals surface area contributed by atoms with Crippen LogP contribution in [-0.2, 0) is 25.7 Å². The van der Waals surface area contributed by atoms with E-state index in [1.54, 1.807) is 0 Å². The molecule has 2 aliphatic heterocycles. The van der Waals surface area contributed by atoms with Crippen LogP contribution in [0.5, 0.6) is 0 Å². The minimum Gasteiger partial charge on any atom is -0.481 e. The normalized spacial score (nSPS) is 20.7. The van der Waals surface area contributed by atoms with Crippen molar-refractivity contribution in [1.82, 2.24) is 14.5 Å². The number of unbranched alkanes of at least 4 members (excludes halogenated alkanes) is 1. The van der Waals surface area contributed by atoms with Crippen LogP contribution in [0.4, 0.5) is 5.69 Å². The fourth-order valence-corrected chi connectivity index (χ4v) is 6.63. The number of anilines is 1. The molecular formula is C36H42N4O7. The van der Waals surface area contributed by atoms with E-state index in [0.717, 1.165) is 60.2 Å². The van der Waals surface area contributed by atoms with Gasteiger partial charge in [0.05, 0.1) is 29.8 Å². The molecule has 2 saturated heterocycles. The first-order valence-corrected chi connectivity index (χ1v) is 16.4. The summed E-state index contributed by atoms with van der Waals surface area (Å²) in [5.41, 5.74) is 5.10. The third-order valence-electron chi connectivity index (χ3n) is 9.13. The summed E-state index contributed by atoms with van der Waals surface area (Å²) in [6.45, 7) is 2.41. The lowest BCUT2D eigenvalue weighted by atomic mass is 9.98. The van der Waals surface area contributed by atoms with Crippen molar-refractivity contribution in [3.63, 3.8) is 0 Å². The summed E-state index contributed by atoms with van der Waals surface area (Å²) < 4.78 is 15.0. The molecule has 3 aromatic carbocycles. The Balaban J connectivity index is 1.10. The van der Waals surface area contributed by atoms with Gasteiger partial charge in [0, 0.05) is 56.2 Å². The van der Waals surface area contributed by atoms with Gasteiger partial charge in [0.15, 0.2) is 6.29 Å². The number of aliphatic hydroxyl groups is 1. The number of piperidine rings is 1. The van der Waals surface area contributed by atoms with Crippen LogP contribution in [0, 0.1) is 0 Å². The molecule has 47 heavy (non-hydrogen) atoms. The van der Waals surface area contributed by atoms with Crippen LogP contribution >= 0.6 is 0 Å². The number of likely N-dealkylation sites (tertiary alicyclic amines) is 1. The Morgan fingerprint density at radius 1 is 0.894 bits per heavy atom. The van der Waals surface area contributed by atoms with Crippen molar-refractivity contribution in [3.8, 4) is 0 Å². The van der Waals surface area contributed by atoms with Gasteiger partial charge in [-0.25, -0.2) is 4.79 Å². The molecule has 3 atom stereocenters. The van der Waals surface area contributed by atoms with Gasteiger partial charge >= 0.3 is 11.7 Å². The number of aromatic amines is 1. The molecule has 0 unspecified atom stereocenters. The Bertz CT molecular complexity index is 1710. The average Bonchev–Trinajstić information content (AvgIpc) is 3.43. The number of aliphatic carboxylic acids is 1. The Hall–Kier alpha value is -4.29. The van der Waals surface area contributed by atoms with Gasteiger partial charge in [-0.05, 0) is 61.1 Å². The third kappa shape index (κ3) is 8.17. The number of fused-ring (bicyclic) bond motifs is 1. The van der Waals surface area contributed by atoms with Gasteiger partial charge in [0.1, 0.15) is 0 Å². The molecule has 1 amide bonds. The SMILES string of the molecule is O=C(O)CCCCC(=O)Nc1ccc([C@@H]2O[C@H](CN3CCC(n4c(=O)[nH]c5ccccc54)CC3)C[C@H](c3ccc(CO)cc3)O2)cc1. The summed E-state index contributed by atoms with van der Waals surface area (Å²) in [5.74, 6) is -1.01. The number of aliphatic hydroxyl groups excluding tert-OH is 1. The standard InChI is InChI=1S/C36H42N4O7/c41-23-24-9-11-25(12-10-24)32-21-29(22-39-19-17-28(18-20-39)40-31-6-2-1-5-30(31)38-36(40)45)46-35(47-32)26-13-15-27(16-14-26)37-33(42)7-3-4-8-34(43)44/h1-2,5-6,9-16,28-29,32,35,41H,3-4,7-8,17-23H2,(H,37,42)(H,38,45)(H,43,44)/t29-,32+,35+/m0/s1. The maximum absolute atomic E-state index is 12.8. The zero-order valence-corrected chi connectivity index (χ0v) is 26.3. The highest BCUT2D eigenvalue weighted by molar-refractivity contribution is 5.90. The maximum Gasteiger partial charge on any atom is 0.326 e. The number of carbonyl (C=O) groups is 2. The van der Waals surface area contributed by atoms with E-state index in [9.17, 15) is 19.5 Å². The van der Waals surface area contributed by atoms with Crippen LogP contribution in [0.25, 0.3) is 11.0 Å². The van der Waals surface area contributed by atoms with Gasteiger partial charge in [0.2, 0.25) is 5.91 Å². The van der Waals surface area contributed by atoms with Gasteiger partial charge in [-0.3, -0.25) is 14.2 Å². The smallest absolute Gasteiger partial charge is 0.326 e. The van der Waals surface area contributed by atoms with E-state index in [4.69, 9.17) is 14.6 Å². The van der Waals surface area contributed by atoms with Crippen LogP contribution in [-0.4, -0.2) is 62.3 Å². The molecule has 3 heterocycles. The van der Waals surface area contributed by atoms with E-state index in [2.05, 4.69) is 15.2 Å². The summed E-state index contributed by atoms with van der Waals surface area (Å²) in [6, 6.07) is 23.2. The molecule has 1 aromatic heterocycles. The van der Waals surface area contributed by atoms with Gasteiger partial charge in [0.25, 0.3) is 0 Å². The number of H-pyrrole nitrogens is 1. The van der Waals surface area contributed by atoms with E-state index >= 15 is 0 Å². The highest BCUT2D eigenvalue weighted by Crippen LogP contribution is 2.39. The maximum atomic E-state index is 12.8. The molecule has 0 saturated carbocycles. The second-order valence-electron chi connectivity index (χ2n) is 12.5. The molecule has 2 aliphatic rings. The fraction of sp³-hybridized carbons (Fsp3) is 0.417. The van der Waals surface area contributed by atoms with Crippen LogP contribution in [0.15, 0.2) is 77.6 Å². The molecule has 11 heteroatoms. The Kier molecular flexibility index (Phi) is 10.5. The number of para-hydroxylation sites is 2. The number of imidazole rings is 1. The predicted octanol–water partition coefficient (Wildman–Crippen LogP) is 5.29. The second-order valence-corrected chi connectivity index (χ2v) is 12.5. The van der Waals surface area contributed by atoms with Crippen LogP contribution in [0.2, 0.25) is 0 Å². The number of ether oxygens (including phenoxy) is 2. The zero-order valence-electron chi connectivity index (χ0n) is 26.3. The van der Waals surface area contributed by atoms with Crippen molar-refractivity contribution in [2.75, 3.05) is 25.0 Å². The molecular weight excluding hydrogens is 600 g/mol. The molecule has 0 bridgehead atoms. The number of hydrogen-bond donors (Lipinski definition) is 4. The predicted molar refractivity (Wildman–Crippen MR) is 177 cm³/mol. The molecule has 0 spiro atoms. The number of amides is 1. The number of nitrogens with zero attached hydrogens (tertiary/aromatic N) is 2. The summed E-state index contributed by atoms with van der Waals surface area (Å²) in [4.78, 5) is 41.2. The van der Waals surface area contributed by atoms with Crippen LogP contribution in [0.3, 0.4) is 0 Å². The van der Waals surface area contributed by atoms with Crippen molar-refractivity contribution in [1.29, 1.82) is 0 Å². The van der Waals surface area contributed by atoms with Crippen molar-refractivity contribution in [2.24, 2.45) is 0 Å². The summed E-state index contributed by atoms with van der Waals surface area (Å²) in [5, 5.41) is 21.2. The van der Waals surface area contributed by atoms with Crippen molar-refractivity contribution in [3.05, 3.63) is 100.0 Å². The van der Waals surface area contributed by atoms with Gasteiger partial charge in [-0.1, -0.05) is 48.5 Å². The van der Waals surface area contributed by atoms with Crippen molar-refractivity contribution >= 4 is 28.6 Å². The first-order chi connectivity index (χ1) is 22.9. The quantitative estimate of drug-likeness (QED) is 0.153. The van der Waals surface area contributed by atoms with Crippen LogP contribution < -0.4 is 11.0 Å². The molecule has 248 valence electrons. The van der Waals surface area contributed by atoms with E-state index in [1.807, 2.05) is 77.4 Å². The highest BCUT2D eigenvalue weighted by Gasteiger charge is 2.34. The summed E-state index contributed by atoms with van der Waals surface area (Å²) >= 11 is 0. The molecule has 0 aliphatic carbocycles. The minimum absolute atomic E-state index is 0.0218. The average molecular weight is 643 g/mol. The van der Waals surface area contributed by atoms with Gasteiger partial charge in [-0.2, -0.15) is 0 Å². The number of carboxylic acids is 1. The highest BCUT2D eigenvalue weighted by atomic mass is 16.7. The number of hydrogen-bond acceptors (Lipinski definition) is 7. The lowest BCUT2D eigenvalue weighted by Gasteiger charge is -2.40. The lowest BCUT2D eigenvalue weighted by Crippen LogP contribution is -2.43. The van der Waals surface area contributed by atoms with Gasteiger partial charge < -0.3 is 34.9 Å². The first-order valence-electron chi connectivity index (χ1n) is 16.4. The van der Waals surface area contributed by atoms with E-state index in [-0.39, 0.29) is 49.3 Å². The number of benzene rings is 3. The first kappa shape index (κ1) is 32.6. The largest absolute Gasteiger partial charge is 0.481 e. The lowest BCUT2D eigenvalue weighted by molar-refractivity contribution is -0.253. The Labute approximate surface area is 273 Å². The zero-order chi connectivity index (χ0) is 32.8. The third-order valence-corrected chi connectivity index (χ3v) is 9.13. The Morgan fingerprint density at radius 3 is 2.32 bits per heavy atom. The number of carbonyl (C=O) groups excluding carboxylic acids is 1. The molecule has 4 N–H and O–H groups in total.